The Balaban J connectivity index is 1.94. The minimum absolute atomic E-state index is 0.317. The maximum Gasteiger partial charge on any atom is 0.0489 e. The maximum atomic E-state index is 6.29. The zero-order chi connectivity index (χ0) is 10.8. The van der Waals surface area contributed by atoms with Crippen LogP contribution in [-0.2, 0) is 6.54 Å². The van der Waals surface area contributed by atoms with Crippen LogP contribution in [0.4, 0.5) is 0 Å². The second-order valence-corrected chi connectivity index (χ2v) is 6.62. The summed E-state index contributed by atoms with van der Waals surface area (Å²) >= 11 is 11.7. The van der Waals surface area contributed by atoms with E-state index in [9.17, 15) is 0 Å². The lowest BCUT2D eigenvalue weighted by atomic mass is 9.99. The molecule has 0 N–H and O–H groups in total. The van der Waals surface area contributed by atoms with Crippen molar-refractivity contribution in [2.75, 3.05) is 13.1 Å². The van der Waals surface area contributed by atoms with Crippen LogP contribution >= 0.6 is 38.9 Å². The molecule has 0 radical (unpaired) electrons. The summed E-state index contributed by atoms with van der Waals surface area (Å²) in [5.41, 5.74) is 0. The molecule has 2 rings (SSSR count). The summed E-state index contributed by atoms with van der Waals surface area (Å²) < 4.78 is 1.23. The molecule has 2 atom stereocenters. The minimum Gasteiger partial charge on any atom is -0.297 e. The lowest BCUT2D eigenvalue weighted by molar-refractivity contribution is 0.190. The maximum absolute atomic E-state index is 6.29. The van der Waals surface area contributed by atoms with Gasteiger partial charge in [0.1, 0.15) is 0 Å². The average molecular weight is 309 g/mol. The van der Waals surface area contributed by atoms with Crippen LogP contribution in [0.25, 0.3) is 0 Å². The van der Waals surface area contributed by atoms with Crippen LogP contribution in [0.15, 0.2) is 15.9 Å². The van der Waals surface area contributed by atoms with E-state index in [4.69, 9.17) is 11.6 Å². The van der Waals surface area contributed by atoms with Gasteiger partial charge >= 0.3 is 0 Å². The Morgan fingerprint density at radius 3 is 3.07 bits per heavy atom. The molecule has 2 heterocycles. The molecule has 15 heavy (non-hydrogen) atoms. The summed E-state index contributed by atoms with van der Waals surface area (Å²) in [5.74, 6) is 0.662. The fourth-order valence-electron chi connectivity index (χ4n) is 1.87. The number of hydrogen-bond donors (Lipinski definition) is 0. The van der Waals surface area contributed by atoms with Gasteiger partial charge in [-0.2, -0.15) is 0 Å². The topological polar surface area (TPSA) is 3.24 Å². The van der Waals surface area contributed by atoms with Gasteiger partial charge in [0.05, 0.1) is 0 Å². The fourth-order valence-corrected chi connectivity index (χ4v) is 3.71. The monoisotopic (exact) mass is 307 g/mol. The molecule has 1 aromatic rings. The van der Waals surface area contributed by atoms with Gasteiger partial charge in [0, 0.05) is 27.8 Å². The van der Waals surface area contributed by atoms with E-state index in [1.165, 1.54) is 22.3 Å². The first-order valence-electron chi connectivity index (χ1n) is 5.25. The molecule has 4 heteroatoms. The van der Waals surface area contributed by atoms with E-state index in [-0.39, 0.29) is 0 Å². The van der Waals surface area contributed by atoms with Crippen LogP contribution in [0.3, 0.4) is 0 Å². The van der Waals surface area contributed by atoms with Crippen molar-refractivity contribution in [2.45, 2.75) is 25.3 Å². The van der Waals surface area contributed by atoms with Crippen molar-refractivity contribution < 1.29 is 0 Å². The highest BCUT2D eigenvalue weighted by Crippen LogP contribution is 2.27. The Bertz CT molecular complexity index is 328. The minimum atomic E-state index is 0.317. The number of nitrogens with zero attached hydrogens (tertiary/aromatic N) is 1. The molecule has 84 valence electrons. The van der Waals surface area contributed by atoms with Gasteiger partial charge < -0.3 is 0 Å². The van der Waals surface area contributed by atoms with Crippen molar-refractivity contribution in [3.05, 3.63) is 20.8 Å². The molecular formula is C11H15BrClNS. The van der Waals surface area contributed by atoms with Crippen LogP contribution < -0.4 is 0 Å². The predicted octanol–water partition coefficient (Wildman–Crippen LogP) is 3.96. The molecule has 2 unspecified atom stereocenters. The van der Waals surface area contributed by atoms with Crippen LogP contribution in [0, 0.1) is 5.92 Å². The zero-order valence-electron chi connectivity index (χ0n) is 8.75. The van der Waals surface area contributed by atoms with Gasteiger partial charge in [-0.1, -0.05) is 6.92 Å². The van der Waals surface area contributed by atoms with Crippen LogP contribution in [0.5, 0.6) is 0 Å². The summed E-state index contributed by atoms with van der Waals surface area (Å²) in [4.78, 5) is 3.86. The molecule has 0 spiro atoms. The number of piperidine rings is 1. The van der Waals surface area contributed by atoms with E-state index in [1.54, 1.807) is 0 Å². The van der Waals surface area contributed by atoms with Gasteiger partial charge in [0.2, 0.25) is 0 Å². The van der Waals surface area contributed by atoms with Crippen molar-refractivity contribution in [3.63, 3.8) is 0 Å². The molecule has 0 bridgehead atoms. The number of thiophene rings is 1. The Hall–Kier alpha value is 0.430. The van der Waals surface area contributed by atoms with E-state index in [0.29, 0.717) is 11.3 Å². The smallest absolute Gasteiger partial charge is 0.0489 e. The molecule has 1 fully saturated rings. The number of hydrogen-bond acceptors (Lipinski definition) is 2. The van der Waals surface area contributed by atoms with E-state index in [2.05, 4.69) is 39.2 Å². The average Bonchev–Trinajstić information content (AvgIpc) is 2.59. The van der Waals surface area contributed by atoms with Gasteiger partial charge in [-0.15, -0.1) is 22.9 Å². The summed E-state index contributed by atoms with van der Waals surface area (Å²) in [5, 5.41) is 2.45. The summed E-state index contributed by atoms with van der Waals surface area (Å²) in [6, 6.07) is 2.12. The Labute approximate surface area is 109 Å². The van der Waals surface area contributed by atoms with Crippen LogP contribution in [0.1, 0.15) is 18.2 Å². The van der Waals surface area contributed by atoms with Crippen LogP contribution in [0.2, 0.25) is 0 Å². The largest absolute Gasteiger partial charge is 0.297 e. The first kappa shape index (κ1) is 11.9. The third kappa shape index (κ3) is 2.96. The number of rotatable bonds is 2. The van der Waals surface area contributed by atoms with Gasteiger partial charge in [0.25, 0.3) is 0 Å². The third-order valence-electron chi connectivity index (χ3n) is 3.01. The Morgan fingerprint density at radius 1 is 1.67 bits per heavy atom. The SMILES string of the molecule is CC1CCN(Cc2sccc2Br)CC1Cl. The first-order valence-corrected chi connectivity index (χ1v) is 7.36. The number of likely N-dealkylation sites (tertiary alicyclic amines) is 1. The summed E-state index contributed by atoms with van der Waals surface area (Å²) in [6.07, 6.45) is 1.22. The molecule has 0 aromatic carbocycles. The molecule has 0 saturated carbocycles. The number of halogens is 2. The van der Waals surface area contributed by atoms with Gasteiger partial charge in [-0.25, -0.2) is 0 Å². The Morgan fingerprint density at radius 2 is 2.47 bits per heavy atom. The Kier molecular flexibility index (Phi) is 4.10. The molecule has 1 aliphatic heterocycles. The predicted molar refractivity (Wildman–Crippen MR) is 70.7 cm³/mol. The summed E-state index contributed by atoms with van der Waals surface area (Å²) in [7, 11) is 0. The fraction of sp³-hybridized carbons (Fsp3) is 0.636. The lowest BCUT2D eigenvalue weighted by Crippen LogP contribution is -2.39. The second kappa shape index (κ2) is 5.17. The highest BCUT2D eigenvalue weighted by Gasteiger charge is 2.24. The quantitative estimate of drug-likeness (QED) is 0.748. The van der Waals surface area contributed by atoms with Crippen molar-refractivity contribution in [3.8, 4) is 0 Å². The van der Waals surface area contributed by atoms with Gasteiger partial charge in [-0.05, 0) is 46.3 Å². The van der Waals surface area contributed by atoms with Gasteiger partial charge in [0.15, 0.2) is 0 Å². The molecule has 1 aromatic heterocycles. The molecular weight excluding hydrogens is 294 g/mol. The number of alkyl halides is 1. The van der Waals surface area contributed by atoms with Crippen molar-refractivity contribution >= 4 is 38.9 Å². The standard InChI is InChI=1S/C11H15BrClNS/c1-8-2-4-14(6-10(8)13)7-11-9(12)3-5-15-11/h3,5,8,10H,2,4,6-7H2,1H3. The third-order valence-corrected chi connectivity index (χ3v) is 5.49. The molecule has 0 amide bonds. The van der Waals surface area contributed by atoms with E-state index >= 15 is 0 Å². The van der Waals surface area contributed by atoms with E-state index in [0.717, 1.165) is 13.1 Å². The first-order chi connectivity index (χ1) is 7.16. The highest BCUT2D eigenvalue weighted by molar-refractivity contribution is 9.10. The second-order valence-electron chi connectivity index (χ2n) is 4.21. The van der Waals surface area contributed by atoms with Crippen LogP contribution in [-0.4, -0.2) is 23.4 Å². The van der Waals surface area contributed by atoms with E-state index in [1.807, 2.05) is 11.3 Å². The van der Waals surface area contributed by atoms with Crippen molar-refractivity contribution in [1.29, 1.82) is 0 Å². The molecule has 1 saturated heterocycles. The van der Waals surface area contributed by atoms with Crippen molar-refractivity contribution in [2.24, 2.45) is 5.92 Å². The highest BCUT2D eigenvalue weighted by atomic mass is 79.9. The summed E-state index contributed by atoms with van der Waals surface area (Å²) in [6.45, 7) is 5.48. The van der Waals surface area contributed by atoms with Crippen molar-refractivity contribution in [1.82, 2.24) is 4.90 Å². The normalized spacial score (nSPS) is 28.2. The molecule has 0 aliphatic carbocycles. The van der Waals surface area contributed by atoms with E-state index < -0.39 is 0 Å². The molecule has 1 aliphatic rings. The lowest BCUT2D eigenvalue weighted by Gasteiger charge is -2.33. The van der Waals surface area contributed by atoms with Gasteiger partial charge in [-0.3, -0.25) is 4.90 Å². The molecule has 1 nitrogen and oxygen atoms in total. The zero-order valence-corrected chi connectivity index (χ0v) is 11.9.